The first kappa shape index (κ1) is 18.0. The maximum absolute atomic E-state index is 12.7. The summed E-state index contributed by atoms with van der Waals surface area (Å²) in [5.41, 5.74) is 1.38. The predicted octanol–water partition coefficient (Wildman–Crippen LogP) is 4.24. The van der Waals surface area contributed by atoms with E-state index in [4.69, 9.17) is 9.15 Å². The molecule has 7 heteroatoms. The molecule has 2 atom stereocenters. The van der Waals surface area contributed by atoms with Crippen LogP contribution in [-0.2, 0) is 17.6 Å². The molecule has 1 N–H and O–H groups in total. The smallest absolute Gasteiger partial charge is 0.342 e. The van der Waals surface area contributed by atoms with Crippen LogP contribution in [-0.4, -0.2) is 15.9 Å². The molecular formula is C20H22N2O4S. The second-order valence-electron chi connectivity index (χ2n) is 7.36. The number of ether oxygens (including phenoxy) is 1. The van der Waals surface area contributed by atoms with Crippen molar-refractivity contribution in [3.05, 3.63) is 49.8 Å². The van der Waals surface area contributed by atoms with Crippen LogP contribution in [0.5, 0.6) is 0 Å². The fourth-order valence-electron chi connectivity index (χ4n) is 3.67. The fraction of sp³-hybridized carbons (Fsp3) is 0.450. The molecule has 3 aromatic rings. The van der Waals surface area contributed by atoms with Crippen LogP contribution in [0.15, 0.2) is 15.3 Å². The van der Waals surface area contributed by atoms with Crippen molar-refractivity contribution in [2.24, 2.45) is 5.92 Å². The first-order valence-corrected chi connectivity index (χ1v) is 9.97. The highest BCUT2D eigenvalue weighted by Crippen LogP contribution is 2.36. The van der Waals surface area contributed by atoms with Crippen LogP contribution >= 0.6 is 11.3 Å². The summed E-state index contributed by atoms with van der Waals surface area (Å²) in [4.78, 5) is 34.5. The molecule has 0 aliphatic heterocycles. The zero-order chi connectivity index (χ0) is 19.3. The third-order valence-electron chi connectivity index (χ3n) is 5.11. The SMILES string of the molecule is Cc1cc(C(=O)O[C@H](C)c2nc3sc4c(c3c(=O)[nH]2)CC[C@@H](C)C4)c(C)o1. The Morgan fingerprint density at radius 2 is 2.22 bits per heavy atom. The molecule has 142 valence electrons. The van der Waals surface area contributed by atoms with Crippen molar-refractivity contribution in [1.29, 1.82) is 0 Å². The van der Waals surface area contributed by atoms with Gasteiger partial charge in [-0.1, -0.05) is 6.92 Å². The molecule has 27 heavy (non-hydrogen) atoms. The molecule has 0 spiro atoms. The third-order valence-corrected chi connectivity index (χ3v) is 6.26. The second-order valence-corrected chi connectivity index (χ2v) is 8.44. The van der Waals surface area contributed by atoms with Gasteiger partial charge in [0.2, 0.25) is 0 Å². The number of nitrogens with one attached hydrogen (secondary N) is 1. The highest BCUT2D eigenvalue weighted by Gasteiger charge is 2.25. The number of aromatic amines is 1. The van der Waals surface area contributed by atoms with E-state index in [0.717, 1.165) is 29.7 Å². The number of furan rings is 1. The van der Waals surface area contributed by atoms with E-state index in [1.165, 1.54) is 4.88 Å². The minimum Gasteiger partial charge on any atom is -0.466 e. The summed E-state index contributed by atoms with van der Waals surface area (Å²) >= 11 is 1.58. The highest BCUT2D eigenvalue weighted by atomic mass is 32.1. The lowest BCUT2D eigenvalue weighted by atomic mass is 9.89. The number of nitrogens with zero attached hydrogens (tertiary/aromatic N) is 1. The number of aryl methyl sites for hydroxylation is 3. The Labute approximate surface area is 160 Å². The van der Waals surface area contributed by atoms with Gasteiger partial charge in [0, 0.05) is 4.88 Å². The Morgan fingerprint density at radius 1 is 1.44 bits per heavy atom. The molecule has 3 heterocycles. The number of hydrogen-bond donors (Lipinski definition) is 1. The Bertz CT molecular complexity index is 1090. The quantitative estimate of drug-likeness (QED) is 0.681. The summed E-state index contributed by atoms with van der Waals surface area (Å²) in [7, 11) is 0. The van der Waals surface area contributed by atoms with E-state index >= 15 is 0 Å². The number of hydrogen-bond acceptors (Lipinski definition) is 6. The number of fused-ring (bicyclic) bond motifs is 3. The van der Waals surface area contributed by atoms with Crippen molar-refractivity contribution in [3.8, 4) is 0 Å². The van der Waals surface area contributed by atoms with Crippen LogP contribution in [0, 0.1) is 19.8 Å². The summed E-state index contributed by atoms with van der Waals surface area (Å²) in [5, 5.41) is 0.700. The Balaban J connectivity index is 1.64. The lowest BCUT2D eigenvalue weighted by Crippen LogP contribution is -2.18. The molecule has 0 fully saturated rings. The summed E-state index contributed by atoms with van der Waals surface area (Å²) < 4.78 is 10.9. The van der Waals surface area contributed by atoms with Crippen LogP contribution in [0.2, 0.25) is 0 Å². The van der Waals surface area contributed by atoms with Crippen molar-refractivity contribution < 1.29 is 13.9 Å². The normalized spacial score (nSPS) is 17.7. The van der Waals surface area contributed by atoms with Gasteiger partial charge in [-0.2, -0.15) is 0 Å². The largest absolute Gasteiger partial charge is 0.466 e. The van der Waals surface area contributed by atoms with Gasteiger partial charge in [-0.15, -0.1) is 11.3 Å². The first-order valence-electron chi connectivity index (χ1n) is 9.16. The molecule has 0 saturated heterocycles. The van der Waals surface area contributed by atoms with Crippen LogP contribution < -0.4 is 5.56 Å². The van der Waals surface area contributed by atoms with Gasteiger partial charge >= 0.3 is 5.97 Å². The Morgan fingerprint density at radius 3 is 2.93 bits per heavy atom. The molecule has 0 saturated carbocycles. The lowest BCUT2D eigenvalue weighted by Gasteiger charge is -2.17. The fourth-order valence-corrected chi connectivity index (χ4v) is 5.06. The van der Waals surface area contributed by atoms with E-state index in [2.05, 4.69) is 16.9 Å². The number of carbonyl (C=O) groups is 1. The molecule has 0 radical (unpaired) electrons. The van der Waals surface area contributed by atoms with E-state index in [-0.39, 0.29) is 5.56 Å². The predicted molar refractivity (Wildman–Crippen MR) is 103 cm³/mol. The molecule has 1 aliphatic rings. The topological polar surface area (TPSA) is 85.2 Å². The van der Waals surface area contributed by atoms with Gasteiger partial charge in [0.05, 0.1) is 5.39 Å². The van der Waals surface area contributed by atoms with Crippen molar-refractivity contribution in [1.82, 2.24) is 9.97 Å². The average molecular weight is 386 g/mol. The van der Waals surface area contributed by atoms with Crippen molar-refractivity contribution in [2.45, 2.75) is 53.1 Å². The molecule has 6 nitrogen and oxygen atoms in total. The van der Waals surface area contributed by atoms with E-state index in [9.17, 15) is 9.59 Å². The van der Waals surface area contributed by atoms with Gasteiger partial charge < -0.3 is 14.1 Å². The molecule has 0 unspecified atom stereocenters. The summed E-state index contributed by atoms with van der Waals surface area (Å²) in [6, 6.07) is 1.65. The molecule has 0 bridgehead atoms. The van der Waals surface area contributed by atoms with E-state index in [1.54, 1.807) is 38.2 Å². The highest BCUT2D eigenvalue weighted by molar-refractivity contribution is 7.18. The zero-order valence-corrected chi connectivity index (χ0v) is 16.7. The van der Waals surface area contributed by atoms with Crippen molar-refractivity contribution in [3.63, 3.8) is 0 Å². The molecule has 3 aromatic heterocycles. The average Bonchev–Trinajstić information content (AvgIpc) is 3.13. The number of aromatic nitrogens is 2. The third kappa shape index (κ3) is 3.20. The maximum Gasteiger partial charge on any atom is 0.342 e. The van der Waals surface area contributed by atoms with Gasteiger partial charge in [0.15, 0.2) is 11.9 Å². The maximum atomic E-state index is 12.7. The Kier molecular flexibility index (Phi) is 4.42. The van der Waals surface area contributed by atoms with Crippen LogP contribution in [0.25, 0.3) is 10.2 Å². The van der Waals surface area contributed by atoms with Gasteiger partial charge in [0.1, 0.15) is 21.9 Å². The first-order chi connectivity index (χ1) is 12.8. The number of carbonyl (C=O) groups excluding carboxylic acids is 1. The summed E-state index contributed by atoms with van der Waals surface area (Å²) in [6.45, 7) is 7.44. The number of esters is 1. The number of rotatable bonds is 3. The van der Waals surface area contributed by atoms with Gasteiger partial charge in [0.25, 0.3) is 5.56 Å². The van der Waals surface area contributed by atoms with Crippen LogP contribution in [0.4, 0.5) is 0 Å². The minimum absolute atomic E-state index is 0.153. The summed E-state index contributed by atoms with van der Waals surface area (Å²) in [6.07, 6.45) is 2.35. The molecule has 4 rings (SSSR count). The monoisotopic (exact) mass is 386 g/mol. The zero-order valence-electron chi connectivity index (χ0n) is 15.8. The van der Waals surface area contributed by atoms with Gasteiger partial charge in [-0.25, -0.2) is 9.78 Å². The molecular weight excluding hydrogens is 364 g/mol. The van der Waals surface area contributed by atoms with Crippen LogP contribution in [0.1, 0.15) is 64.5 Å². The summed E-state index contributed by atoms with van der Waals surface area (Å²) in [5.74, 6) is 1.68. The molecule has 0 aromatic carbocycles. The number of H-pyrrole nitrogens is 1. The standard InChI is InChI=1S/C20H22N2O4S/c1-9-5-6-13-15(7-9)27-19-16(13)18(23)21-17(22-19)12(4)26-20(24)14-8-10(2)25-11(14)3/h8-9,12H,5-7H2,1-4H3,(H,21,22,23)/t9-,12-/m1/s1. The van der Waals surface area contributed by atoms with Crippen molar-refractivity contribution in [2.75, 3.05) is 0 Å². The van der Waals surface area contributed by atoms with E-state index in [1.807, 2.05) is 0 Å². The second kappa shape index (κ2) is 6.64. The Hall–Kier alpha value is -2.41. The number of thiophene rings is 1. The molecule has 1 aliphatic carbocycles. The lowest BCUT2D eigenvalue weighted by molar-refractivity contribution is 0.0318. The van der Waals surface area contributed by atoms with E-state index < -0.39 is 12.1 Å². The molecule has 0 amide bonds. The minimum atomic E-state index is -0.665. The van der Waals surface area contributed by atoms with E-state index in [0.29, 0.717) is 34.2 Å². The van der Waals surface area contributed by atoms with Gasteiger partial charge in [-0.3, -0.25) is 4.79 Å². The van der Waals surface area contributed by atoms with Gasteiger partial charge in [-0.05, 0) is 57.6 Å². The van der Waals surface area contributed by atoms with Crippen LogP contribution in [0.3, 0.4) is 0 Å². The van der Waals surface area contributed by atoms with Crippen molar-refractivity contribution >= 4 is 27.5 Å².